The predicted molar refractivity (Wildman–Crippen MR) is 59.8 cm³/mol. The van der Waals surface area contributed by atoms with Gasteiger partial charge in [-0.25, -0.2) is 4.79 Å². The van der Waals surface area contributed by atoms with Gasteiger partial charge >= 0.3 is 5.97 Å². The molecule has 1 aromatic heterocycles. The van der Waals surface area contributed by atoms with Crippen LogP contribution in [0.1, 0.15) is 17.3 Å². The summed E-state index contributed by atoms with van der Waals surface area (Å²) in [5, 5.41) is 20.3. The Balaban J connectivity index is 2.85. The zero-order valence-corrected chi connectivity index (χ0v) is 9.68. The third kappa shape index (κ3) is 3.40. The minimum atomic E-state index is -1.38. The molecule has 92 valence electrons. The van der Waals surface area contributed by atoms with Gasteiger partial charge in [-0.15, -0.1) is 0 Å². The fourth-order valence-electron chi connectivity index (χ4n) is 1.17. The highest BCUT2D eigenvalue weighted by atomic mass is 35.5. The molecule has 0 aliphatic carbocycles. The molecule has 0 aliphatic heterocycles. The Morgan fingerprint density at radius 1 is 1.53 bits per heavy atom. The van der Waals surface area contributed by atoms with Gasteiger partial charge in [-0.3, -0.25) is 9.78 Å². The first-order valence-electron chi connectivity index (χ1n) is 4.74. The number of aliphatic hydroxyl groups excluding tert-OH is 1. The summed E-state index contributed by atoms with van der Waals surface area (Å²) in [5.74, 6) is -2.00. The molecule has 0 radical (unpaired) electrons. The molecule has 0 saturated carbocycles. The van der Waals surface area contributed by atoms with Crippen molar-refractivity contribution in [1.82, 2.24) is 10.3 Å². The molecule has 1 amide bonds. The molecular formula is C10H11ClN2O4. The molecule has 17 heavy (non-hydrogen) atoms. The lowest BCUT2D eigenvalue weighted by Gasteiger charge is -2.17. The van der Waals surface area contributed by atoms with E-state index in [1.165, 1.54) is 25.4 Å². The number of amides is 1. The van der Waals surface area contributed by atoms with Crippen molar-refractivity contribution in [3.8, 4) is 0 Å². The average Bonchev–Trinajstić information content (AvgIpc) is 2.25. The van der Waals surface area contributed by atoms with Crippen molar-refractivity contribution < 1.29 is 19.8 Å². The monoisotopic (exact) mass is 258 g/mol. The quantitative estimate of drug-likeness (QED) is 0.721. The van der Waals surface area contributed by atoms with E-state index in [-0.39, 0.29) is 10.6 Å². The molecule has 7 heteroatoms. The van der Waals surface area contributed by atoms with Crippen molar-refractivity contribution in [3.63, 3.8) is 0 Å². The largest absolute Gasteiger partial charge is 0.480 e. The van der Waals surface area contributed by atoms with E-state index in [0.717, 1.165) is 0 Å². The molecule has 0 aliphatic rings. The van der Waals surface area contributed by atoms with Gasteiger partial charge in [0.15, 0.2) is 6.04 Å². The number of hydrogen-bond acceptors (Lipinski definition) is 4. The van der Waals surface area contributed by atoms with E-state index in [4.69, 9.17) is 16.7 Å². The van der Waals surface area contributed by atoms with Crippen LogP contribution in [-0.2, 0) is 4.79 Å². The van der Waals surface area contributed by atoms with E-state index in [1.807, 2.05) is 0 Å². The molecule has 2 atom stereocenters. The Kier molecular flexibility index (Phi) is 4.42. The number of carbonyl (C=O) groups is 2. The summed E-state index contributed by atoms with van der Waals surface area (Å²) >= 11 is 5.73. The number of hydrogen-bond donors (Lipinski definition) is 3. The van der Waals surface area contributed by atoms with Gasteiger partial charge in [0.1, 0.15) is 0 Å². The van der Waals surface area contributed by atoms with Crippen LogP contribution >= 0.6 is 11.6 Å². The van der Waals surface area contributed by atoms with E-state index >= 15 is 0 Å². The molecule has 0 saturated heterocycles. The van der Waals surface area contributed by atoms with Crippen molar-refractivity contribution in [2.45, 2.75) is 19.1 Å². The second-order valence-electron chi connectivity index (χ2n) is 3.39. The number of pyridine rings is 1. The number of nitrogens with one attached hydrogen (secondary N) is 1. The average molecular weight is 259 g/mol. The normalized spacial score (nSPS) is 13.8. The number of aromatic nitrogens is 1. The van der Waals surface area contributed by atoms with Gasteiger partial charge in [0.2, 0.25) is 0 Å². The minimum absolute atomic E-state index is 0.105. The van der Waals surface area contributed by atoms with E-state index in [0.29, 0.717) is 0 Å². The first kappa shape index (κ1) is 13.4. The molecule has 0 aromatic carbocycles. The van der Waals surface area contributed by atoms with Crippen molar-refractivity contribution in [1.29, 1.82) is 0 Å². The summed E-state index contributed by atoms with van der Waals surface area (Å²) in [7, 11) is 0. The summed E-state index contributed by atoms with van der Waals surface area (Å²) in [6, 6.07) is -0.0229. The second kappa shape index (κ2) is 5.60. The standard InChI is InChI=1S/C10H11ClN2O4/c1-5(14)8(10(16)17)13-9(15)6-2-3-12-4-7(6)11/h2-5,8,14H,1H3,(H,13,15)(H,16,17). The second-order valence-corrected chi connectivity index (χ2v) is 3.79. The molecule has 1 aromatic rings. The highest BCUT2D eigenvalue weighted by molar-refractivity contribution is 6.33. The van der Waals surface area contributed by atoms with Crippen molar-refractivity contribution >= 4 is 23.5 Å². The lowest BCUT2D eigenvalue weighted by Crippen LogP contribution is -2.47. The number of carboxylic acid groups (broad SMARTS) is 1. The molecule has 0 bridgehead atoms. The maximum absolute atomic E-state index is 11.7. The van der Waals surface area contributed by atoms with Gasteiger partial charge < -0.3 is 15.5 Å². The van der Waals surface area contributed by atoms with Crippen LogP contribution in [0.2, 0.25) is 5.02 Å². The number of carboxylic acids is 1. The summed E-state index contributed by atoms with van der Waals surface area (Å²) in [4.78, 5) is 26.2. The van der Waals surface area contributed by atoms with Crippen LogP contribution in [0.15, 0.2) is 18.5 Å². The highest BCUT2D eigenvalue weighted by Gasteiger charge is 2.26. The van der Waals surface area contributed by atoms with Gasteiger partial charge in [0, 0.05) is 12.4 Å². The topological polar surface area (TPSA) is 99.5 Å². The SMILES string of the molecule is CC(O)C(NC(=O)c1ccncc1Cl)C(=O)O. The van der Waals surface area contributed by atoms with E-state index in [1.54, 1.807) is 0 Å². The van der Waals surface area contributed by atoms with Crippen LogP contribution in [0.4, 0.5) is 0 Å². The number of rotatable bonds is 4. The Hall–Kier alpha value is -1.66. The lowest BCUT2D eigenvalue weighted by molar-refractivity contribution is -0.141. The van der Waals surface area contributed by atoms with Gasteiger partial charge in [0.25, 0.3) is 5.91 Å². The fourth-order valence-corrected chi connectivity index (χ4v) is 1.37. The summed E-state index contributed by atoms with van der Waals surface area (Å²) in [6.07, 6.45) is 1.42. The van der Waals surface area contributed by atoms with Crippen molar-refractivity contribution in [2.75, 3.05) is 0 Å². The number of halogens is 1. The zero-order chi connectivity index (χ0) is 13.0. The molecule has 1 heterocycles. The van der Waals surface area contributed by atoms with Crippen LogP contribution in [0.5, 0.6) is 0 Å². The van der Waals surface area contributed by atoms with Gasteiger partial charge in [-0.1, -0.05) is 11.6 Å². The van der Waals surface area contributed by atoms with Crippen LogP contribution in [-0.4, -0.2) is 39.2 Å². The Bertz CT molecular complexity index is 436. The Morgan fingerprint density at radius 3 is 2.65 bits per heavy atom. The van der Waals surface area contributed by atoms with E-state index in [2.05, 4.69) is 10.3 Å². The summed E-state index contributed by atoms with van der Waals surface area (Å²) < 4.78 is 0. The summed E-state index contributed by atoms with van der Waals surface area (Å²) in [5.41, 5.74) is 0.105. The fraction of sp³-hybridized carbons (Fsp3) is 0.300. The van der Waals surface area contributed by atoms with Crippen molar-refractivity contribution in [3.05, 3.63) is 29.0 Å². The first-order chi connectivity index (χ1) is 7.93. The van der Waals surface area contributed by atoms with Crippen LogP contribution < -0.4 is 5.32 Å². The van der Waals surface area contributed by atoms with Gasteiger partial charge in [-0.2, -0.15) is 0 Å². The van der Waals surface area contributed by atoms with Crippen LogP contribution in [0.3, 0.4) is 0 Å². The number of nitrogens with zero attached hydrogens (tertiary/aromatic N) is 1. The molecule has 0 spiro atoms. The predicted octanol–water partition coefficient (Wildman–Crippen LogP) is 0.299. The summed E-state index contributed by atoms with van der Waals surface area (Å²) in [6.45, 7) is 1.27. The third-order valence-electron chi connectivity index (χ3n) is 2.05. The highest BCUT2D eigenvalue weighted by Crippen LogP contribution is 2.13. The lowest BCUT2D eigenvalue weighted by atomic mass is 10.1. The van der Waals surface area contributed by atoms with Gasteiger partial charge in [-0.05, 0) is 13.0 Å². The molecule has 2 unspecified atom stereocenters. The van der Waals surface area contributed by atoms with Gasteiger partial charge in [0.05, 0.1) is 16.7 Å². The van der Waals surface area contributed by atoms with E-state index < -0.39 is 24.0 Å². The molecule has 3 N–H and O–H groups in total. The van der Waals surface area contributed by atoms with Crippen LogP contribution in [0.25, 0.3) is 0 Å². The number of aliphatic hydroxyl groups is 1. The minimum Gasteiger partial charge on any atom is -0.480 e. The number of aliphatic carboxylic acids is 1. The first-order valence-corrected chi connectivity index (χ1v) is 5.12. The Morgan fingerprint density at radius 2 is 2.18 bits per heavy atom. The number of carbonyl (C=O) groups excluding carboxylic acids is 1. The molecule has 6 nitrogen and oxygen atoms in total. The zero-order valence-electron chi connectivity index (χ0n) is 8.92. The van der Waals surface area contributed by atoms with Crippen LogP contribution in [0, 0.1) is 0 Å². The molecular weight excluding hydrogens is 248 g/mol. The smallest absolute Gasteiger partial charge is 0.328 e. The third-order valence-corrected chi connectivity index (χ3v) is 2.35. The molecule has 1 rings (SSSR count). The maximum Gasteiger partial charge on any atom is 0.328 e. The molecule has 0 fully saturated rings. The van der Waals surface area contributed by atoms with E-state index in [9.17, 15) is 14.7 Å². The maximum atomic E-state index is 11.7. The Labute approximate surface area is 102 Å². The van der Waals surface area contributed by atoms with Crippen molar-refractivity contribution in [2.24, 2.45) is 0 Å².